The second-order valence-electron chi connectivity index (χ2n) is 7.52. The average Bonchev–Trinajstić information content (AvgIpc) is 3.23. The predicted octanol–water partition coefficient (Wildman–Crippen LogP) is 4.95. The maximum Gasteiger partial charge on any atom is 0.224 e. The Labute approximate surface area is 196 Å². The number of rotatable bonds is 7. The van der Waals surface area contributed by atoms with Crippen LogP contribution in [0.5, 0.6) is 5.75 Å². The molecule has 1 amide bonds. The van der Waals surface area contributed by atoms with Gasteiger partial charge in [0, 0.05) is 33.3 Å². The molecule has 8 heteroatoms. The van der Waals surface area contributed by atoms with Crippen LogP contribution in [-0.2, 0) is 11.2 Å². The lowest BCUT2D eigenvalue weighted by Crippen LogP contribution is -2.14. The van der Waals surface area contributed by atoms with Gasteiger partial charge in [-0.05, 0) is 74.4 Å². The highest BCUT2D eigenvalue weighted by Crippen LogP contribution is 2.30. The molecule has 0 spiro atoms. The van der Waals surface area contributed by atoms with Crippen LogP contribution in [0.15, 0.2) is 64.5 Å². The van der Waals surface area contributed by atoms with E-state index in [2.05, 4.69) is 21.5 Å². The Morgan fingerprint density at radius 3 is 2.42 bits per heavy atom. The molecule has 2 heterocycles. The summed E-state index contributed by atoms with van der Waals surface area (Å²) in [6.07, 6.45) is 2.38. The largest absolute Gasteiger partial charge is 0.497 e. The molecule has 2 aromatic heterocycles. The monoisotopic (exact) mass is 457 g/mol. The van der Waals surface area contributed by atoms with Crippen molar-refractivity contribution in [3.8, 4) is 11.8 Å². The maximum absolute atomic E-state index is 12.5. The Hall–Kier alpha value is -3.83. The van der Waals surface area contributed by atoms with Crippen LogP contribution in [-0.4, -0.2) is 27.6 Å². The third-order valence-corrected chi connectivity index (χ3v) is 6.38. The number of nitrogens with zero attached hydrogens (tertiary/aromatic N) is 4. The number of carbonyl (C=O) groups is 1. The molecule has 4 aromatic rings. The number of methoxy groups -OCH3 is 1. The van der Waals surface area contributed by atoms with Crippen molar-refractivity contribution in [2.45, 2.75) is 36.5 Å². The minimum Gasteiger partial charge on any atom is -0.497 e. The highest BCUT2D eigenvalue weighted by molar-refractivity contribution is 7.99. The first kappa shape index (κ1) is 22.4. The first-order chi connectivity index (χ1) is 16.0. The van der Waals surface area contributed by atoms with E-state index in [1.807, 2.05) is 62.4 Å². The maximum atomic E-state index is 12.5. The van der Waals surface area contributed by atoms with E-state index in [0.717, 1.165) is 38.2 Å². The van der Waals surface area contributed by atoms with Gasteiger partial charge in [-0.1, -0.05) is 11.8 Å². The summed E-state index contributed by atoms with van der Waals surface area (Å²) < 4.78 is 6.85. The Bertz CT molecular complexity index is 1340. The van der Waals surface area contributed by atoms with Gasteiger partial charge in [-0.3, -0.25) is 4.79 Å². The number of hydrogen-bond donors (Lipinski definition) is 1. The van der Waals surface area contributed by atoms with Crippen LogP contribution in [0, 0.1) is 25.2 Å². The zero-order chi connectivity index (χ0) is 23.4. The molecular formula is C25H23N5O2S. The number of ether oxygens (including phenoxy) is 1. The summed E-state index contributed by atoms with van der Waals surface area (Å²) in [5.74, 6) is 0.762. The number of hydrogen-bond acceptors (Lipinski definition) is 6. The second kappa shape index (κ2) is 9.76. The fraction of sp³-hybridized carbons (Fsp3) is 0.200. The number of carbonyl (C=O) groups excluding carboxylic acids is 1. The number of aromatic nitrogens is 3. The van der Waals surface area contributed by atoms with Gasteiger partial charge in [0.25, 0.3) is 0 Å². The summed E-state index contributed by atoms with van der Waals surface area (Å²) in [6.45, 7) is 3.83. The van der Waals surface area contributed by atoms with Crippen LogP contribution in [0.4, 0.5) is 5.69 Å². The first-order valence-corrected chi connectivity index (χ1v) is 11.3. The van der Waals surface area contributed by atoms with Crippen LogP contribution in [0.25, 0.3) is 5.65 Å². The first-order valence-electron chi connectivity index (χ1n) is 10.4. The molecule has 166 valence electrons. The van der Waals surface area contributed by atoms with Gasteiger partial charge in [0.15, 0.2) is 5.65 Å². The molecule has 4 rings (SSSR count). The molecule has 0 saturated carbocycles. The van der Waals surface area contributed by atoms with Crippen molar-refractivity contribution >= 4 is 29.0 Å². The highest BCUT2D eigenvalue weighted by atomic mass is 32.2. The Kier molecular flexibility index (Phi) is 6.61. The fourth-order valence-electron chi connectivity index (χ4n) is 3.60. The standard InChI is InChI=1S/C25H23N5O2S/c1-16-23(17(2)30-25(28-16)18(14-26)15-27-30)12-13-24(31)29-19-4-8-21(9-5-19)33-22-10-6-20(32-3)7-11-22/h4-11,15H,12-13H2,1-3H3,(H,29,31). The molecule has 0 bridgehead atoms. The van der Waals surface area contributed by atoms with Crippen molar-refractivity contribution in [1.82, 2.24) is 14.6 Å². The number of nitriles is 1. The summed E-state index contributed by atoms with van der Waals surface area (Å²) in [5, 5.41) is 16.4. The van der Waals surface area contributed by atoms with E-state index in [0.29, 0.717) is 24.1 Å². The number of anilines is 1. The zero-order valence-corrected chi connectivity index (χ0v) is 19.4. The van der Waals surface area contributed by atoms with Gasteiger partial charge in [0.2, 0.25) is 5.91 Å². The van der Waals surface area contributed by atoms with Crippen LogP contribution in [0.2, 0.25) is 0 Å². The molecule has 0 radical (unpaired) electrons. The molecule has 2 aromatic carbocycles. The van der Waals surface area contributed by atoms with Gasteiger partial charge in [0.1, 0.15) is 17.4 Å². The summed E-state index contributed by atoms with van der Waals surface area (Å²) in [7, 11) is 1.65. The van der Waals surface area contributed by atoms with E-state index in [1.165, 1.54) is 6.20 Å². The molecule has 0 fully saturated rings. The second-order valence-corrected chi connectivity index (χ2v) is 8.66. The Balaban J connectivity index is 1.36. The van der Waals surface area contributed by atoms with Crippen molar-refractivity contribution in [3.05, 3.63) is 77.2 Å². The van der Waals surface area contributed by atoms with Crippen LogP contribution < -0.4 is 10.1 Å². The third-order valence-electron chi connectivity index (χ3n) is 5.36. The SMILES string of the molecule is COc1ccc(Sc2ccc(NC(=O)CCc3c(C)nc4c(C#N)cnn4c3C)cc2)cc1. The third kappa shape index (κ3) is 4.99. The van der Waals surface area contributed by atoms with E-state index in [9.17, 15) is 10.1 Å². The minimum atomic E-state index is -0.0670. The highest BCUT2D eigenvalue weighted by Gasteiger charge is 2.15. The van der Waals surface area contributed by atoms with Gasteiger partial charge in [-0.15, -0.1) is 0 Å². The number of amides is 1. The summed E-state index contributed by atoms with van der Waals surface area (Å²) >= 11 is 1.65. The van der Waals surface area contributed by atoms with E-state index in [-0.39, 0.29) is 5.91 Å². The summed E-state index contributed by atoms with van der Waals surface area (Å²) in [5.41, 5.74) is 4.42. The van der Waals surface area contributed by atoms with Crippen molar-refractivity contribution in [1.29, 1.82) is 5.26 Å². The molecular weight excluding hydrogens is 434 g/mol. The van der Waals surface area contributed by atoms with E-state index >= 15 is 0 Å². The fourth-order valence-corrected chi connectivity index (χ4v) is 4.42. The van der Waals surface area contributed by atoms with Crippen LogP contribution in [0.1, 0.15) is 28.9 Å². The summed E-state index contributed by atoms with van der Waals surface area (Å²) in [6, 6.07) is 17.8. The molecule has 0 saturated heterocycles. The predicted molar refractivity (Wildman–Crippen MR) is 128 cm³/mol. The van der Waals surface area contributed by atoms with Gasteiger partial charge in [0.05, 0.1) is 13.3 Å². The van der Waals surface area contributed by atoms with Crippen molar-refractivity contribution in [2.24, 2.45) is 0 Å². The molecule has 33 heavy (non-hydrogen) atoms. The van der Waals surface area contributed by atoms with E-state index < -0.39 is 0 Å². The molecule has 1 N–H and O–H groups in total. The zero-order valence-electron chi connectivity index (χ0n) is 18.6. The normalized spacial score (nSPS) is 10.7. The molecule has 0 aliphatic rings. The van der Waals surface area contributed by atoms with Crippen molar-refractivity contribution in [3.63, 3.8) is 0 Å². The lowest BCUT2D eigenvalue weighted by Gasteiger charge is -2.11. The topological polar surface area (TPSA) is 92.3 Å². The Morgan fingerprint density at radius 1 is 1.12 bits per heavy atom. The average molecular weight is 458 g/mol. The molecule has 7 nitrogen and oxygen atoms in total. The number of aryl methyl sites for hydroxylation is 2. The molecule has 0 aliphatic carbocycles. The number of benzene rings is 2. The van der Waals surface area contributed by atoms with E-state index in [4.69, 9.17) is 4.74 Å². The van der Waals surface area contributed by atoms with Gasteiger partial charge in [-0.2, -0.15) is 10.4 Å². The van der Waals surface area contributed by atoms with Gasteiger partial charge >= 0.3 is 0 Å². The lowest BCUT2D eigenvalue weighted by molar-refractivity contribution is -0.116. The van der Waals surface area contributed by atoms with Crippen molar-refractivity contribution in [2.75, 3.05) is 12.4 Å². The van der Waals surface area contributed by atoms with Gasteiger partial charge in [-0.25, -0.2) is 9.50 Å². The van der Waals surface area contributed by atoms with Crippen molar-refractivity contribution < 1.29 is 9.53 Å². The number of nitrogens with one attached hydrogen (secondary N) is 1. The Morgan fingerprint density at radius 2 is 1.79 bits per heavy atom. The lowest BCUT2D eigenvalue weighted by atomic mass is 10.1. The number of fused-ring (bicyclic) bond motifs is 1. The quantitative estimate of drug-likeness (QED) is 0.422. The molecule has 0 unspecified atom stereocenters. The molecule has 0 atom stereocenters. The summed E-state index contributed by atoms with van der Waals surface area (Å²) in [4.78, 5) is 19.3. The van der Waals surface area contributed by atoms with E-state index in [1.54, 1.807) is 23.4 Å². The van der Waals surface area contributed by atoms with Crippen LogP contribution >= 0.6 is 11.8 Å². The van der Waals surface area contributed by atoms with Gasteiger partial charge < -0.3 is 10.1 Å². The smallest absolute Gasteiger partial charge is 0.224 e. The minimum absolute atomic E-state index is 0.0670. The molecule has 0 aliphatic heterocycles. The van der Waals surface area contributed by atoms with Crippen LogP contribution in [0.3, 0.4) is 0 Å².